The van der Waals surface area contributed by atoms with Gasteiger partial charge < -0.3 is 9.64 Å². The Bertz CT molecular complexity index is 754. The van der Waals surface area contributed by atoms with Crippen molar-refractivity contribution in [2.24, 2.45) is 0 Å². The van der Waals surface area contributed by atoms with E-state index in [2.05, 4.69) is 11.9 Å². The molecule has 1 saturated heterocycles. The lowest BCUT2D eigenvalue weighted by Gasteiger charge is -2.32. The molecule has 0 aliphatic carbocycles. The molecule has 1 aliphatic heterocycles. The molecule has 1 aromatic heterocycles. The number of nitrogens with zero attached hydrogens (tertiary/aromatic N) is 2. The summed E-state index contributed by atoms with van der Waals surface area (Å²) in [7, 11) is 0. The molecule has 0 spiro atoms. The Hall–Kier alpha value is -2.14. The molecular weight excluding hydrogens is 332 g/mol. The highest BCUT2D eigenvalue weighted by molar-refractivity contribution is 7.09. The van der Waals surface area contributed by atoms with E-state index in [4.69, 9.17) is 4.74 Å². The minimum atomic E-state index is 0.0807. The zero-order valence-corrected chi connectivity index (χ0v) is 15.6. The number of benzene rings is 1. The zero-order chi connectivity index (χ0) is 17.6. The molecular formula is C20H24N2O2S. The van der Waals surface area contributed by atoms with Crippen molar-refractivity contribution in [1.82, 2.24) is 9.88 Å². The van der Waals surface area contributed by atoms with E-state index in [9.17, 15) is 4.79 Å². The molecule has 0 saturated carbocycles. The summed E-state index contributed by atoms with van der Waals surface area (Å²) in [5.41, 5.74) is 1.84. The minimum absolute atomic E-state index is 0.0807. The molecule has 2 heterocycles. The van der Waals surface area contributed by atoms with Crippen molar-refractivity contribution in [3.63, 3.8) is 0 Å². The number of carbonyl (C=O) groups is 1. The Morgan fingerprint density at radius 1 is 1.40 bits per heavy atom. The molecule has 25 heavy (non-hydrogen) atoms. The molecule has 0 radical (unpaired) electrons. The predicted molar refractivity (Wildman–Crippen MR) is 102 cm³/mol. The Kier molecular flexibility index (Phi) is 5.87. The van der Waals surface area contributed by atoms with Crippen LogP contribution >= 0.6 is 11.3 Å². The maximum Gasteiger partial charge on any atom is 0.246 e. The lowest BCUT2D eigenvalue weighted by atomic mass is 10.0. The number of likely N-dealkylation sites (tertiary alicyclic amines) is 1. The van der Waals surface area contributed by atoms with Gasteiger partial charge in [-0.1, -0.05) is 18.2 Å². The summed E-state index contributed by atoms with van der Waals surface area (Å²) in [5, 5.41) is 3.04. The molecule has 1 aliphatic rings. The molecule has 132 valence electrons. The van der Waals surface area contributed by atoms with E-state index in [0.29, 0.717) is 12.6 Å². The average molecular weight is 356 g/mol. The van der Waals surface area contributed by atoms with Crippen molar-refractivity contribution in [2.75, 3.05) is 6.54 Å². The van der Waals surface area contributed by atoms with Crippen molar-refractivity contribution in [2.45, 2.75) is 45.8 Å². The number of para-hydroxylation sites is 1. The standard InChI is InChI=1S/C20H24N2O2S/c1-15-7-5-6-12-22(15)20(23)11-10-17-8-3-4-9-19(17)24-13-18-14-25-16(2)21-18/h3-4,8-11,14-15H,5-7,12-13H2,1-2H3/b11-10+. The van der Waals surface area contributed by atoms with E-state index in [-0.39, 0.29) is 5.91 Å². The summed E-state index contributed by atoms with van der Waals surface area (Å²) in [6.07, 6.45) is 6.91. The van der Waals surface area contributed by atoms with Gasteiger partial charge in [0.15, 0.2) is 0 Å². The summed E-state index contributed by atoms with van der Waals surface area (Å²) in [6.45, 7) is 5.40. The zero-order valence-electron chi connectivity index (χ0n) is 14.8. The summed E-state index contributed by atoms with van der Waals surface area (Å²) >= 11 is 1.62. The Labute approximate surface area is 153 Å². The minimum Gasteiger partial charge on any atom is -0.487 e. The van der Waals surface area contributed by atoms with Crippen LogP contribution in [0.3, 0.4) is 0 Å². The van der Waals surface area contributed by atoms with Gasteiger partial charge in [-0.3, -0.25) is 4.79 Å². The molecule has 1 amide bonds. The maximum absolute atomic E-state index is 12.5. The highest BCUT2D eigenvalue weighted by Crippen LogP contribution is 2.22. The van der Waals surface area contributed by atoms with Crippen LogP contribution in [0.15, 0.2) is 35.7 Å². The van der Waals surface area contributed by atoms with Crippen LogP contribution in [-0.2, 0) is 11.4 Å². The number of thiazole rings is 1. The summed E-state index contributed by atoms with van der Waals surface area (Å²) < 4.78 is 5.90. The van der Waals surface area contributed by atoms with E-state index >= 15 is 0 Å². The van der Waals surface area contributed by atoms with Crippen molar-refractivity contribution in [3.05, 3.63) is 52.0 Å². The van der Waals surface area contributed by atoms with Gasteiger partial charge >= 0.3 is 0 Å². The SMILES string of the molecule is Cc1nc(COc2ccccc2/C=C/C(=O)N2CCCCC2C)cs1. The van der Waals surface area contributed by atoms with Crippen molar-refractivity contribution >= 4 is 23.3 Å². The first kappa shape index (κ1) is 17.7. The fourth-order valence-electron chi connectivity index (χ4n) is 3.06. The average Bonchev–Trinajstić information content (AvgIpc) is 3.04. The summed E-state index contributed by atoms with van der Waals surface area (Å²) in [5.74, 6) is 0.848. The second kappa shape index (κ2) is 8.30. The number of aromatic nitrogens is 1. The lowest BCUT2D eigenvalue weighted by molar-refractivity contribution is -0.129. The number of hydrogen-bond donors (Lipinski definition) is 0. The molecule has 0 N–H and O–H groups in total. The molecule has 1 aromatic carbocycles. The number of ether oxygens (including phenoxy) is 1. The van der Waals surface area contributed by atoms with E-state index in [1.807, 2.05) is 47.5 Å². The van der Waals surface area contributed by atoms with Gasteiger partial charge in [-0.15, -0.1) is 11.3 Å². The highest BCUT2D eigenvalue weighted by Gasteiger charge is 2.21. The van der Waals surface area contributed by atoms with E-state index < -0.39 is 0 Å². The third-order valence-corrected chi connectivity index (χ3v) is 5.27. The lowest BCUT2D eigenvalue weighted by Crippen LogP contribution is -2.41. The van der Waals surface area contributed by atoms with Crippen LogP contribution < -0.4 is 4.74 Å². The van der Waals surface area contributed by atoms with Gasteiger partial charge in [0.2, 0.25) is 5.91 Å². The van der Waals surface area contributed by atoms with Gasteiger partial charge in [0.25, 0.3) is 0 Å². The Morgan fingerprint density at radius 2 is 2.24 bits per heavy atom. The first-order valence-corrected chi connectivity index (χ1v) is 9.63. The quantitative estimate of drug-likeness (QED) is 0.744. The number of amides is 1. The van der Waals surface area contributed by atoms with Gasteiger partial charge in [0.1, 0.15) is 12.4 Å². The number of rotatable bonds is 5. The molecule has 4 nitrogen and oxygen atoms in total. The second-order valence-corrected chi connectivity index (χ2v) is 7.46. The predicted octanol–water partition coefficient (Wildman–Crippen LogP) is 4.44. The molecule has 2 aromatic rings. The van der Waals surface area contributed by atoms with Crippen molar-refractivity contribution in [3.8, 4) is 5.75 Å². The first-order chi connectivity index (χ1) is 12.1. The van der Waals surface area contributed by atoms with Crippen LogP contribution in [0.1, 0.15) is 42.5 Å². The molecule has 1 unspecified atom stereocenters. The molecule has 1 atom stereocenters. The van der Waals surface area contributed by atoms with Crippen LogP contribution in [0.5, 0.6) is 5.75 Å². The van der Waals surface area contributed by atoms with Crippen LogP contribution in [0.2, 0.25) is 0 Å². The van der Waals surface area contributed by atoms with E-state index in [1.165, 1.54) is 6.42 Å². The largest absolute Gasteiger partial charge is 0.487 e. The third kappa shape index (κ3) is 4.69. The van der Waals surface area contributed by atoms with Gasteiger partial charge in [0.05, 0.1) is 10.7 Å². The van der Waals surface area contributed by atoms with Crippen molar-refractivity contribution < 1.29 is 9.53 Å². The first-order valence-electron chi connectivity index (χ1n) is 8.75. The van der Waals surface area contributed by atoms with Gasteiger partial charge in [-0.05, 0) is 45.3 Å². The Balaban J connectivity index is 1.66. The molecule has 3 rings (SSSR count). The summed E-state index contributed by atoms with van der Waals surface area (Å²) in [4.78, 5) is 18.8. The fraction of sp³-hybridized carbons (Fsp3) is 0.400. The van der Waals surface area contributed by atoms with Crippen LogP contribution in [0.25, 0.3) is 6.08 Å². The molecule has 5 heteroatoms. The van der Waals surface area contributed by atoms with Crippen molar-refractivity contribution in [1.29, 1.82) is 0 Å². The molecule has 1 fully saturated rings. The number of piperidine rings is 1. The van der Waals surface area contributed by atoms with Gasteiger partial charge in [0, 0.05) is 29.6 Å². The number of carbonyl (C=O) groups excluding carboxylic acids is 1. The molecule has 0 bridgehead atoms. The highest BCUT2D eigenvalue weighted by atomic mass is 32.1. The van der Waals surface area contributed by atoms with E-state index in [0.717, 1.165) is 41.4 Å². The smallest absolute Gasteiger partial charge is 0.246 e. The third-order valence-electron chi connectivity index (χ3n) is 4.45. The van der Waals surface area contributed by atoms with Crippen LogP contribution in [-0.4, -0.2) is 28.4 Å². The van der Waals surface area contributed by atoms with Crippen LogP contribution in [0, 0.1) is 6.92 Å². The van der Waals surface area contributed by atoms with Gasteiger partial charge in [-0.2, -0.15) is 0 Å². The number of aryl methyl sites for hydroxylation is 1. The normalized spacial score (nSPS) is 17.8. The Morgan fingerprint density at radius 3 is 3.00 bits per heavy atom. The fourth-order valence-corrected chi connectivity index (χ4v) is 3.66. The number of hydrogen-bond acceptors (Lipinski definition) is 4. The van der Waals surface area contributed by atoms with E-state index in [1.54, 1.807) is 17.4 Å². The maximum atomic E-state index is 12.5. The summed E-state index contributed by atoms with van der Waals surface area (Å²) in [6, 6.07) is 8.10. The van der Waals surface area contributed by atoms with Crippen LogP contribution in [0.4, 0.5) is 0 Å². The second-order valence-electron chi connectivity index (χ2n) is 6.39. The monoisotopic (exact) mass is 356 g/mol. The van der Waals surface area contributed by atoms with Gasteiger partial charge in [-0.25, -0.2) is 4.98 Å². The topological polar surface area (TPSA) is 42.4 Å².